The first-order chi connectivity index (χ1) is 14.3. The molecule has 1 aliphatic rings. The van der Waals surface area contributed by atoms with Crippen LogP contribution in [-0.2, 0) is 16.0 Å². The number of hydrogen-bond donors (Lipinski definition) is 1. The van der Waals surface area contributed by atoms with Gasteiger partial charge in [-0.15, -0.1) is 0 Å². The zero-order valence-electron chi connectivity index (χ0n) is 17.4. The van der Waals surface area contributed by atoms with E-state index in [2.05, 4.69) is 0 Å². The smallest absolute Gasteiger partial charge is 0.339 e. The molecule has 0 spiro atoms. The lowest BCUT2D eigenvalue weighted by atomic mass is 9.97. The molecule has 30 heavy (non-hydrogen) atoms. The highest BCUT2D eigenvalue weighted by Gasteiger charge is 2.31. The summed E-state index contributed by atoms with van der Waals surface area (Å²) in [5.41, 5.74) is 3.75. The molecule has 4 rings (SSSR count). The van der Waals surface area contributed by atoms with Crippen molar-refractivity contribution in [2.24, 2.45) is 0 Å². The number of fused-ring (bicyclic) bond motifs is 2. The van der Waals surface area contributed by atoms with Gasteiger partial charge in [-0.25, -0.2) is 9.59 Å². The van der Waals surface area contributed by atoms with Crippen molar-refractivity contribution in [1.82, 2.24) is 4.90 Å². The van der Waals surface area contributed by atoms with Crippen LogP contribution in [0.25, 0.3) is 21.9 Å². The molecule has 1 N–H and O–H groups in total. The Balaban J connectivity index is 1.67. The van der Waals surface area contributed by atoms with E-state index in [-0.39, 0.29) is 18.7 Å². The number of nitrogens with zero attached hydrogens (tertiary/aromatic N) is 1. The molecule has 3 heterocycles. The van der Waals surface area contributed by atoms with Gasteiger partial charge in [0.25, 0.3) is 0 Å². The molecule has 1 fully saturated rings. The lowest BCUT2D eigenvalue weighted by Crippen LogP contribution is -2.48. The predicted molar refractivity (Wildman–Crippen MR) is 112 cm³/mol. The SMILES string of the molecule is Cc1coc2c(C)c3oc(=O)c(CCC(=O)N4CCCC[C@@H]4C(=O)O)c(C)c3cc12. The summed E-state index contributed by atoms with van der Waals surface area (Å²) in [6, 6.07) is 1.19. The van der Waals surface area contributed by atoms with Crippen LogP contribution in [0.4, 0.5) is 0 Å². The number of furan rings is 1. The Bertz CT molecular complexity index is 1220. The highest BCUT2D eigenvalue weighted by atomic mass is 16.4. The average Bonchev–Trinajstić information content (AvgIpc) is 3.09. The summed E-state index contributed by atoms with van der Waals surface area (Å²) in [5, 5.41) is 11.2. The fraction of sp³-hybridized carbons (Fsp3) is 0.435. The number of amides is 1. The van der Waals surface area contributed by atoms with Crippen LogP contribution in [-0.4, -0.2) is 34.5 Å². The van der Waals surface area contributed by atoms with Gasteiger partial charge in [0.1, 0.15) is 17.2 Å². The maximum Gasteiger partial charge on any atom is 0.339 e. The standard InChI is InChI=1S/C23H25NO6/c1-12-11-29-20-14(3)21-17(10-16(12)20)13(2)15(23(28)30-21)7-8-19(25)24-9-5-4-6-18(24)22(26)27/h10-11,18H,4-9H2,1-3H3,(H,26,27)/t18-/m1/s1. The number of carboxylic acids is 1. The third kappa shape index (κ3) is 3.28. The number of carbonyl (C=O) groups excluding carboxylic acids is 1. The monoisotopic (exact) mass is 411 g/mol. The molecule has 0 aliphatic carbocycles. The van der Waals surface area contributed by atoms with Gasteiger partial charge in [-0.3, -0.25) is 4.79 Å². The van der Waals surface area contributed by atoms with Crippen molar-refractivity contribution < 1.29 is 23.5 Å². The molecule has 1 saturated heterocycles. The first kappa shape index (κ1) is 20.2. The van der Waals surface area contributed by atoms with Crippen molar-refractivity contribution in [1.29, 1.82) is 0 Å². The van der Waals surface area contributed by atoms with Crippen molar-refractivity contribution in [3.63, 3.8) is 0 Å². The average molecular weight is 411 g/mol. The molecule has 2 aromatic heterocycles. The maximum absolute atomic E-state index is 12.7. The Morgan fingerprint density at radius 1 is 1.13 bits per heavy atom. The largest absolute Gasteiger partial charge is 0.480 e. The lowest BCUT2D eigenvalue weighted by Gasteiger charge is -2.33. The van der Waals surface area contributed by atoms with Gasteiger partial charge in [0.15, 0.2) is 0 Å². The second-order valence-electron chi connectivity index (χ2n) is 8.10. The molecule has 1 amide bonds. The van der Waals surface area contributed by atoms with E-state index < -0.39 is 17.6 Å². The van der Waals surface area contributed by atoms with Crippen LogP contribution in [0.3, 0.4) is 0 Å². The third-order valence-corrected chi connectivity index (χ3v) is 6.23. The number of piperidine rings is 1. The van der Waals surface area contributed by atoms with Gasteiger partial charge in [-0.1, -0.05) is 0 Å². The molecule has 158 valence electrons. The third-order valence-electron chi connectivity index (χ3n) is 6.23. The quantitative estimate of drug-likeness (QED) is 0.654. The molecular weight excluding hydrogens is 386 g/mol. The van der Waals surface area contributed by atoms with Crippen LogP contribution in [0, 0.1) is 20.8 Å². The number of carbonyl (C=O) groups is 2. The second kappa shape index (κ2) is 7.63. The summed E-state index contributed by atoms with van der Waals surface area (Å²) >= 11 is 0. The normalized spacial score (nSPS) is 17.0. The van der Waals surface area contributed by atoms with E-state index in [1.165, 1.54) is 4.90 Å². The van der Waals surface area contributed by atoms with Crippen LogP contribution in [0.1, 0.15) is 47.9 Å². The summed E-state index contributed by atoms with van der Waals surface area (Å²) in [6.07, 6.45) is 4.04. The molecular formula is C23H25NO6. The lowest BCUT2D eigenvalue weighted by molar-refractivity contribution is -0.152. The highest BCUT2D eigenvalue weighted by Crippen LogP contribution is 2.32. The number of likely N-dealkylation sites (tertiary alicyclic amines) is 1. The predicted octanol–water partition coefficient (Wildman–Crippen LogP) is 3.86. The van der Waals surface area contributed by atoms with Gasteiger partial charge >= 0.3 is 11.6 Å². The molecule has 1 atom stereocenters. The molecule has 1 aliphatic heterocycles. The number of hydrogen-bond acceptors (Lipinski definition) is 5. The first-order valence-corrected chi connectivity index (χ1v) is 10.3. The minimum absolute atomic E-state index is 0.0762. The maximum atomic E-state index is 12.7. The van der Waals surface area contributed by atoms with E-state index in [1.807, 2.05) is 26.8 Å². The van der Waals surface area contributed by atoms with Gasteiger partial charge in [0.05, 0.1) is 6.26 Å². The molecule has 0 bridgehead atoms. The van der Waals surface area contributed by atoms with E-state index in [0.29, 0.717) is 29.7 Å². The Kier molecular flexibility index (Phi) is 5.13. The fourth-order valence-corrected chi connectivity index (χ4v) is 4.47. The number of rotatable bonds is 4. The van der Waals surface area contributed by atoms with Gasteiger partial charge in [0.2, 0.25) is 5.91 Å². The minimum Gasteiger partial charge on any atom is -0.480 e. The van der Waals surface area contributed by atoms with Crippen molar-refractivity contribution in [3.8, 4) is 0 Å². The Hall–Kier alpha value is -3.09. The van der Waals surface area contributed by atoms with Crippen LogP contribution in [0.2, 0.25) is 0 Å². The molecule has 0 saturated carbocycles. The fourth-order valence-electron chi connectivity index (χ4n) is 4.47. The van der Waals surface area contributed by atoms with Crippen LogP contribution in [0.15, 0.2) is 26.0 Å². The summed E-state index contributed by atoms with van der Waals surface area (Å²) in [5.74, 6) is -1.21. The van der Waals surface area contributed by atoms with E-state index in [9.17, 15) is 19.5 Å². The molecule has 1 aromatic carbocycles. The summed E-state index contributed by atoms with van der Waals surface area (Å²) in [6.45, 7) is 6.13. The number of benzene rings is 1. The van der Waals surface area contributed by atoms with Crippen molar-refractivity contribution in [3.05, 3.63) is 45.0 Å². The van der Waals surface area contributed by atoms with Crippen molar-refractivity contribution in [2.75, 3.05) is 6.54 Å². The molecule has 0 radical (unpaired) electrons. The molecule has 0 unspecified atom stereocenters. The van der Waals surface area contributed by atoms with E-state index in [0.717, 1.165) is 40.3 Å². The first-order valence-electron chi connectivity index (χ1n) is 10.3. The summed E-state index contributed by atoms with van der Waals surface area (Å²) < 4.78 is 11.2. The topological polar surface area (TPSA) is 101 Å². The zero-order chi connectivity index (χ0) is 21.6. The minimum atomic E-state index is -0.973. The summed E-state index contributed by atoms with van der Waals surface area (Å²) in [4.78, 5) is 38.3. The van der Waals surface area contributed by atoms with Gasteiger partial charge in [-0.2, -0.15) is 0 Å². The van der Waals surface area contributed by atoms with Gasteiger partial charge < -0.3 is 18.8 Å². The van der Waals surface area contributed by atoms with Gasteiger partial charge in [0, 0.05) is 34.9 Å². The molecule has 7 heteroatoms. The Morgan fingerprint density at radius 2 is 1.90 bits per heavy atom. The number of aryl methyl sites for hydroxylation is 3. The summed E-state index contributed by atoms with van der Waals surface area (Å²) in [7, 11) is 0. The molecule has 3 aromatic rings. The molecule has 7 nitrogen and oxygen atoms in total. The van der Waals surface area contributed by atoms with E-state index in [4.69, 9.17) is 8.83 Å². The zero-order valence-corrected chi connectivity index (χ0v) is 17.4. The van der Waals surface area contributed by atoms with Crippen LogP contribution < -0.4 is 5.63 Å². The Morgan fingerprint density at radius 3 is 2.63 bits per heavy atom. The second-order valence-corrected chi connectivity index (χ2v) is 8.10. The number of carboxylic acid groups (broad SMARTS) is 1. The van der Waals surface area contributed by atoms with E-state index >= 15 is 0 Å². The van der Waals surface area contributed by atoms with Crippen LogP contribution in [0.5, 0.6) is 0 Å². The highest BCUT2D eigenvalue weighted by molar-refractivity contribution is 5.99. The van der Waals surface area contributed by atoms with E-state index in [1.54, 1.807) is 6.26 Å². The number of aliphatic carboxylic acids is 1. The van der Waals surface area contributed by atoms with Crippen molar-refractivity contribution >= 4 is 33.8 Å². The van der Waals surface area contributed by atoms with Gasteiger partial charge in [-0.05, 0) is 63.6 Å². The Labute approximate surface area is 173 Å². The van der Waals surface area contributed by atoms with Crippen LogP contribution >= 0.6 is 0 Å². The van der Waals surface area contributed by atoms with Crippen molar-refractivity contribution in [2.45, 2.75) is 58.9 Å².